The van der Waals surface area contributed by atoms with Crippen molar-refractivity contribution in [3.63, 3.8) is 0 Å². The van der Waals surface area contributed by atoms with Crippen LogP contribution >= 0.6 is 11.6 Å². The van der Waals surface area contributed by atoms with Gasteiger partial charge in [-0.2, -0.15) is 0 Å². The Hall–Kier alpha value is -1.59. The first-order chi connectivity index (χ1) is 10.5. The maximum atomic E-state index is 12.2. The van der Waals surface area contributed by atoms with Crippen LogP contribution in [0.1, 0.15) is 25.3 Å². The lowest BCUT2D eigenvalue weighted by atomic mass is 10.2. The summed E-state index contributed by atoms with van der Waals surface area (Å²) in [7, 11) is 0. The molecule has 6 heteroatoms. The minimum Gasteiger partial charge on any atom is -0.465 e. The average molecular weight is 325 g/mol. The van der Waals surface area contributed by atoms with E-state index < -0.39 is 0 Å². The molecule has 1 aliphatic rings. The van der Waals surface area contributed by atoms with Crippen LogP contribution in [-0.2, 0) is 14.3 Å². The van der Waals surface area contributed by atoms with Crippen molar-refractivity contribution in [2.24, 2.45) is 0 Å². The molecule has 22 heavy (non-hydrogen) atoms. The number of aryl methyl sites for hydroxylation is 1. The number of ether oxygens (including phenoxy) is 1. The van der Waals surface area contributed by atoms with E-state index in [2.05, 4.69) is 5.32 Å². The quantitative estimate of drug-likeness (QED) is 0.783. The normalized spacial score (nSPS) is 14.0. The summed E-state index contributed by atoms with van der Waals surface area (Å²) in [5.74, 6) is -0.475. The summed E-state index contributed by atoms with van der Waals surface area (Å²) in [6.45, 7) is 4.36. The molecule has 0 radical (unpaired) electrons. The Labute approximate surface area is 135 Å². The van der Waals surface area contributed by atoms with Gasteiger partial charge < -0.3 is 10.1 Å². The van der Waals surface area contributed by atoms with Gasteiger partial charge in [-0.3, -0.25) is 14.5 Å². The van der Waals surface area contributed by atoms with Crippen molar-refractivity contribution in [3.05, 3.63) is 28.8 Å². The van der Waals surface area contributed by atoms with Crippen molar-refractivity contribution in [2.45, 2.75) is 32.7 Å². The third kappa shape index (κ3) is 5.00. The minimum atomic E-state index is -0.296. The molecule has 0 spiro atoms. The van der Waals surface area contributed by atoms with Crippen molar-refractivity contribution >= 4 is 29.2 Å². The van der Waals surface area contributed by atoms with Crippen LogP contribution in [0, 0.1) is 6.92 Å². The van der Waals surface area contributed by atoms with Gasteiger partial charge in [0.15, 0.2) is 0 Å². The van der Waals surface area contributed by atoms with Crippen molar-refractivity contribution in [1.82, 2.24) is 4.90 Å². The molecule has 0 aliphatic heterocycles. The van der Waals surface area contributed by atoms with Gasteiger partial charge in [0.25, 0.3) is 0 Å². The van der Waals surface area contributed by atoms with Gasteiger partial charge in [-0.05, 0) is 44.4 Å². The summed E-state index contributed by atoms with van der Waals surface area (Å²) in [6, 6.07) is 5.76. The number of anilines is 1. The van der Waals surface area contributed by atoms with Gasteiger partial charge in [0.1, 0.15) is 0 Å². The number of hydrogen-bond donors (Lipinski definition) is 1. The maximum Gasteiger partial charge on any atom is 0.320 e. The lowest BCUT2D eigenvalue weighted by Gasteiger charge is -2.20. The first-order valence-electron chi connectivity index (χ1n) is 7.45. The van der Waals surface area contributed by atoms with E-state index in [-0.39, 0.29) is 25.0 Å². The molecule has 1 fully saturated rings. The number of carbonyl (C=O) groups is 2. The van der Waals surface area contributed by atoms with Crippen LogP contribution in [0.5, 0.6) is 0 Å². The number of amides is 1. The molecule has 0 heterocycles. The lowest BCUT2D eigenvalue weighted by molar-refractivity contribution is -0.144. The molecule has 1 aromatic rings. The SMILES string of the molecule is CCOC(=O)CN(CC(=O)Nc1ccc(C)cc1Cl)C1CC1. The summed E-state index contributed by atoms with van der Waals surface area (Å²) in [6.07, 6.45) is 2.02. The highest BCUT2D eigenvalue weighted by Gasteiger charge is 2.32. The Kier molecular flexibility index (Phi) is 5.80. The zero-order valence-electron chi connectivity index (χ0n) is 12.9. The van der Waals surface area contributed by atoms with Gasteiger partial charge in [-0.1, -0.05) is 17.7 Å². The number of benzene rings is 1. The third-order valence-electron chi connectivity index (χ3n) is 3.45. The van der Waals surface area contributed by atoms with Gasteiger partial charge >= 0.3 is 5.97 Å². The number of esters is 1. The Bertz CT molecular complexity index is 558. The van der Waals surface area contributed by atoms with Gasteiger partial charge in [-0.25, -0.2) is 0 Å². The molecule has 1 saturated carbocycles. The van der Waals surface area contributed by atoms with Gasteiger partial charge in [-0.15, -0.1) is 0 Å². The number of hydrogen-bond acceptors (Lipinski definition) is 4. The van der Waals surface area contributed by atoms with Crippen molar-refractivity contribution in [1.29, 1.82) is 0 Å². The minimum absolute atomic E-state index is 0.146. The zero-order chi connectivity index (χ0) is 16.1. The summed E-state index contributed by atoms with van der Waals surface area (Å²) in [5.41, 5.74) is 1.62. The fourth-order valence-corrected chi connectivity index (χ4v) is 2.50. The summed E-state index contributed by atoms with van der Waals surface area (Å²) >= 11 is 6.11. The Morgan fingerprint density at radius 3 is 2.68 bits per heavy atom. The summed E-state index contributed by atoms with van der Waals surface area (Å²) in [4.78, 5) is 25.6. The molecular weight excluding hydrogens is 304 g/mol. The zero-order valence-corrected chi connectivity index (χ0v) is 13.7. The fourth-order valence-electron chi connectivity index (χ4n) is 2.22. The van der Waals surface area contributed by atoms with Crippen molar-refractivity contribution in [3.8, 4) is 0 Å². The predicted octanol–water partition coefficient (Wildman–Crippen LogP) is 2.61. The molecule has 0 unspecified atom stereocenters. The molecule has 2 rings (SSSR count). The highest BCUT2D eigenvalue weighted by Crippen LogP contribution is 2.27. The van der Waals surface area contributed by atoms with E-state index in [1.54, 1.807) is 19.1 Å². The van der Waals surface area contributed by atoms with Crippen LogP contribution in [0.4, 0.5) is 5.69 Å². The number of carbonyl (C=O) groups excluding carboxylic acids is 2. The van der Waals surface area contributed by atoms with Crippen LogP contribution in [0.3, 0.4) is 0 Å². The van der Waals surface area contributed by atoms with Gasteiger partial charge in [0.05, 0.1) is 30.4 Å². The van der Waals surface area contributed by atoms with Crippen LogP contribution in [0.15, 0.2) is 18.2 Å². The van der Waals surface area contributed by atoms with Crippen LogP contribution in [-0.4, -0.2) is 42.5 Å². The second-order valence-electron chi connectivity index (χ2n) is 5.47. The van der Waals surface area contributed by atoms with Crippen LogP contribution in [0.25, 0.3) is 0 Å². The number of nitrogens with zero attached hydrogens (tertiary/aromatic N) is 1. The van der Waals surface area contributed by atoms with Gasteiger partial charge in [0, 0.05) is 6.04 Å². The molecule has 1 aliphatic carbocycles. The van der Waals surface area contributed by atoms with E-state index in [9.17, 15) is 9.59 Å². The molecule has 5 nitrogen and oxygen atoms in total. The van der Waals surface area contributed by atoms with E-state index in [0.717, 1.165) is 18.4 Å². The lowest BCUT2D eigenvalue weighted by Crippen LogP contribution is -2.39. The molecule has 0 saturated heterocycles. The second kappa shape index (κ2) is 7.61. The van der Waals surface area contributed by atoms with Crippen LogP contribution in [0.2, 0.25) is 5.02 Å². The van der Waals surface area contributed by atoms with Crippen LogP contribution < -0.4 is 5.32 Å². The monoisotopic (exact) mass is 324 g/mol. The second-order valence-corrected chi connectivity index (χ2v) is 5.88. The van der Waals surface area contributed by atoms with E-state index in [1.165, 1.54) is 0 Å². The largest absolute Gasteiger partial charge is 0.465 e. The Morgan fingerprint density at radius 1 is 1.36 bits per heavy atom. The number of rotatable bonds is 7. The first kappa shape index (κ1) is 16.8. The molecule has 120 valence electrons. The average Bonchev–Trinajstić information content (AvgIpc) is 3.26. The number of halogens is 1. The molecule has 1 N–H and O–H groups in total. The fraction of sp³-hybridized carbons (Fsp3) is 0.500. The van der Waals surface area contributed by atoms with E-state index in [1.807, 2.05) is 17.9 Å². The molecule has 0 atom stereocenters. The van der Waals surface area contributed by atoms with Crippen molar-refractivity contribution < 1.29 is 14.3 Å². The Morgan fingerprint density at radius 2 is 2.09 bits per heavy atom. The van der Waals surface area contributed by atoms with Crippen molar-refractivity contribution in [2.75, 3.05) is 25.0 Å². The molecule has 1 aromatic carbocycles. The van der Waals surface area contributed by atoms with E-state index in [0.29, 0.717) is 23.4 Å². The smallest absolute Gasteiger partial charge is 0.320 e. The first-order valence-corrected chi connectivity index (χ1v) is 7.83. The van der Waals surface area contributed by atoms with Gasteiger partial charge in [0.2, 0.25) is 5.91 Å². The van der Waals surface area contributed by atoms with E-state index in [4.69, 9.17) is 16.3 Å². The Balaban J connectivity index is 1.92. The van der Waals surface area contributed by atoms with E-state index >= 15 is 0 Å². The molecule has 0 bridgehead atoms. The number of nitrogens with one attached hydrogen (secondary N) is 1. The maximum absolute atomic E-state index is 12.2. The highest BCUT2D eigenvalue weighted by atomic mass is 35.5. The standard InChI is InChI=1S/C16H21ClN2O3/c1-3-22-16(21)10-19(12-5-6-12)9-15(20)18-14-7-4-11(2)8-13(14)17/h4,7-8,12H,3,5-6,9-10H2,1-2H3,(H,18,20). The molecule has 0 aromatic heterocycles. The molecule has 1 amide bonds. The summed E-state index contributed by atoms with van der Waals surface area (Å²) in [5, 5.41) is 3.30. The predicted molar refractivity (Wildman–Crippen MR) is 86.0 cm³/mol. The molecular formula is C16H21ClN2O3. The highest BCUT2D eigenvalue weighted by molar-refractivity contribution is 6.33. The summed E-state index contributed by atoms with van der Waals surface area (Å²) < 4.78 is 4.95. The third-order valence-corrected chi connectivity index (χ3v) is 3.76. The topological polar surface area (TPSA) is 58.6 Å².